The summed E-state index contributed by atoms with van der Waals surface area (Å²) in [7, 11) is 1.36. The average molecular weight is 463 g/mol. The molecule has 0 aromatic heterocycles. The van der Waals surface area contributed by atoms with Crippen molar-refractivity contribution >= 4 is 36.1 Å². The number of thioether (sulfide) groups is 1. The van der Waals surface area contributed by atoms with Crippen LogP contribution in [0.4, 0.5) is 0 Å². The topological polar surface area (TPSA) is 105 Å². The van der Waals surface area contributed by atoms with Gasteiger partial charge in [0.05, 0.1) is 13.2 Å². The van der Waals surface area contributed by atoms with E-state index in [1.165, 1.54) is 7.11 Å². The predicted molar refractivity (Wildman–Crippen MR) is 129 cm³/mol. The average Bonchev–Trinajstić information content (AvgIpc) is 2.79. The number of Topliss-reactive ketones (excluding diaryl/α,β-unsaturated/α-hetero) is 1. The van der Waals surface area contributed by atoms with Gasteiger partial charge < -0.3 is 21.1 Å². The normalized spacial score (nSPS) is 22.0. The van der Waals surface area contributed by atoms with Gasteiger partial charge in [-0.05, 0) is 43.7 Å². The fourth-order valence-electron chi connectivity index (χ4n) is 3.79. The number of nitrogens with one attached hydrogen (secondary N) is 3. The molecule has 0 radical (unpaired) electrons. The first-order valence-electron chi connectivity index (χ1n) is 11.1. The first-order valence-corrected chi connectivity index (χ1v) is 13.1. The minimum atomic E-state index is -1.34. The number of ketones is 1. The Kier molecular flexibility index (Phi) is 13.6. The van der Waals surface area contributed by atoms with Crippen molar-refractivity contribution in [1.29, 1.82) is 0 Å². The number of carbonyl (C=O) groups is 2. The van der Waals surface area contributed by atoms with Crippen molar-refractivity contribution in [1.82, 2.24) is 16.0 Å². The molecule has 3 unspecified atom stereocenters. The largest absolute Gasteiger partial charge is 0.467 e. The Bertz CT molecular complexity index is 520. The molecule has 0 aromatic rings. The lowest BCUT2D eigenvalue weighted by Crippen LogP contribution is -2.66. The van der Waals surface area contributed by atoms with Crippen molar-refractivity contribution in [3.05, 3.63) is 0 Å². The lowest BCUT2D eigenvalue weighted by Gasteiger charge is -2.37. The van der Waals surface area contributed by atoms with Gasteiger partial charge in [-0.2, -0.15) is 24.4 Å². The molecule has 176 valence electrons. The number of esters is 1. The number of methoxy groups -OCH3 is 1. The Morgan fingerprint density at radius 3 is 2.63 bits per heavy atom. The Balaban J connectivity index is 3.07. The van der Waals surface area contributed by atoms with Crippen molar-refractivity contribution in [3.63, 3.8) is 0 Å². The van der Waals surface area contributed by atoms with Gasteiger partial charge in [-0.15, -0.1) is 0 Å². The minimum Gasteiger partial charge on any atom is -0.467 e. The van der Waals surface area contributed by atoms with Crippen LogP contribution in [-0.2, 0) is 14.3 Å². The van der Waals surface area contributed by atoms with Gasteiger partial charge in [0.2, 0.25) is 0 Å². The van der Waals surface area contributed by atoms with Gasteiger partial charge in [-0.1, -0.05) is 26.7 Å². The zero-order chi connectivity index (χ0) is 22.6. The molecule has 0 spiro atoms. The summed E-state index contributed by atoms with van der Waals surface area (Å²) in [5.74, 6) is 1.04. The van der Waals surface area contributed by atoms with E-state index >= 15 is 0 Å². The molecule has 5 atom stereocenters. The van der Waals surface area contributed by atoms with Crippen LogP contribution in [0, 0.1) is 5.92 Å². The second-order valence-electron chi connectivity index (χ2n) is 8.23. The number of hydrogen-bond acceptors (Lipinski definition) is 9. The molecule has 5 N–H and O–H groups in total. The van der Waals surface area contributed by atoms with Crippen molar-refractivity contribution < 1.29 is 14.3 Å². The van der Waals surface area contributed by atoms with Crippen molar-refractivity contribution in [2.24, 2.45) is 11.7 Å². The number of rotatable bonds is 15. The molecule has 1 aliphatic rings. The molecule has 30 heavy (non-hydrogen) atoms. The van der Waals surface area contributed by atoms with Gasteiger partial charge in [0.1, 0.15) is 0 Å². The highest BCUT2D eigenvalue weighted by molar-refractivity contribution is 7.98. The first-order chi connectivity index (χ1) is 14.4. The van der Waals surface area contributed by atoms with Gasteiger partial charge >= 0.3 is 5.97 Å². The Labute approximate surface area is 192 Å². The molecule has 0 saturated carbocycles. The number of ether oxygens (including phenoxy) is 1. The summed E-state index contributed by atoms with van der Waals surface area (Å²) in [5, 5.41) is 10.2. The van der Waals surface area contributed by atoms with Crippen LogP contribution in [0.1, 0.15) is 46.0 Å². The van der Waals surface area contributed by atoms with Gasteiger partial charge in [0.15, 0.2) is 11.3 Å². The number of thiol groups is 1. The van der Waals surface area contributed by atoms with E-state index in [1.807, 2.05) is 6.26 Å². The molecule has 0 aliphatic carbocycles. The van der Waals surface area contributed by atoms with Gasteiger partial charge in [-0.3, -0.25) is 10.1 Å². The summed E-state index contributed by atoms with van der Waals surface area (Å²) in [6.07, 6.45) is 6.15. The molecule has 0 aromatic carbocycles. The fraction of sp³-hybridized carbons (Fsp3) is 0.905. The Morgan fingerprint density at radius 2 is 2.10 bits per heavy atom. The zero-order valence-electron chi connectivity index (χ0n) is 19.0. The molecule has 1 aliphatic heterocycles. The maximum Gasteiger partial charge on any atom is 0.333 e. The van der Waals surface area contributed by atoms with Gasteiger partial charge in [-0.25, -0.2) is 4.79 Å². The molecular formula is C21H42N4O3S2. The monoisotopic (exact) mass is 462 g/mol. The van der Waals surface area contributed by atoms with Crippen LogP contribution in [0.25, 0.3) is 0 Å². The third-order valence-electron chi connectivity index (χ3n) is 6.09. The molecule has 7 nitrogen and oxygen atoms in total. The molecule has 0 amide bonds. The van der Waals surface area contributed by atoms with E-state index in [-0.39, 0.29) is 23.9 Å². The molecule has 0 bridgehead atoms. The van der Waals surface area contributed by atoms with Crippen molar-refractivity contribution in [2.45, 2.75) is 69.6 Å². The maximum absolute atomic E-state index is 13.6. The Hall–Kier alpha value is -0.320. The quantitative estimate of drug-likeness (QED) is 0.141. The minimum absolute atomic E-state index is 0.0465. The fourth-order valence-corrected chi connectivity index (χ4v) is 4.43. The van der Waals surface area contributed by atoms with Gasteiger partial charge in [0, 0.05) is 30.9 Å². The smallest absolute Gasteiger partial charge is 0.333 e. The maximum atomic E-state index is 13.6. The third kappa shape index (κ3) is 7.98. The standard InChI is InChI=1S/C21H42N4O3S2/c1-5-15(2)18(24-12-16(22)14-29)13-25-21(9-11-30-4,20(27)28-3)19(26)17-8-6-7-10-23-17/h15-18,23-25,29H,5-14,22H2,1-4H3/t15?,16-,17-,18?,21?/m0/s1. The van der Waals surface area contributed by atoms with E-state index in [9.17, 15) is 9.59 Å². The van der Waals surface area contributed by atoms with Crippen LogP contribution in [0.3, 0.4) is 0 Å². The molecule has 9 heteroatoms. The lowest BCUT2D eigenvalue weighted by atomic mass is 9.83. The van der Waals surface area contributed by atoms with Crippen LogP contribution in [0.15, 0.2) is 0 Å². The zero-order valence-corrected chi connectivity index (χ0v) is 20.7. The summed E-state index contributed by atoms with van der Waals surface area (Å²) in [6.45, 7) is 6.22. The summed E-state index contributed by atoms with van der Waals surface area (Å²) in [5.41, 5.74) is 4.69. The van der Waals surface area contributed by atoms with Crippen LogP contribution in [0.2, 0.25) is 0 Å². The molecule has 1 heterocycles. The molecule has 1 rings (SSSR count). The third-order valence-corrected chi connectivity index (χ3v) is 7.18. The summed E-state index contributed by atoms with van der Waals surface area (Å²) in [4.78, 5) is 26.6. The van der Waals surface area contributed by atoms with Gasteiger partial charge in [0.25, 0.3) is 0 Å². The Morgan fingerprint density at radius 1 is 1.37 bits per heavy atom. The predicted octanol–water partition coefficient (Wildman–Crippen LogP) is 1.21. The van der Waals surface area contributed by atoms with Crippen LogP contribution < -0.4 is 21.7 Å². The van der Waals surface area contributed by atoms with E-state index in [0.29, 0.717) is 36.9 Å². The van der Waals surface area contributed by atoms with E-state index in [1.54, 1.807) is 11.8 Å². The number of hydrogen-bond donors (Lipinski definition) is 5. The highest BCUT2D eigenvalue weighted by Gasteiger charge is 2.49. The first kappa shape index (κ1) is 27.7. The van der Waals surface area contributed by atoms with Crippen LogP contribution in [0.5, 0.6) is 0 Å². The van der Waals surface area contributed by atoms with Crippen molar-refractivity contribution in [2.75, 3.05) is 44.5 Å². The highest BCUT2D eigenvalue weighted by Crippen LogP contribution is 2.23. The SMILES string of the molecule is CCC(C)C(CNC(CCSC)(C(=O)OC)C(=O)[C@@H]1CCCCN1)NC[C@H](N)CS. The molecule has 1 fully saturated rings. The van der Waals surface area contributed by atoms with E-state index < -0.39 is 11.5 Å². The lowest BCUT2D eigenvalue weighted by molar-refractivity contribution is -0.154. The second kappa shape index (κ2) is 14.7. The number of nitrogens with two attached hydrogens (primary N) is 1. The van der Waals surface area contributed by atoms with Crippen molar-refractivity contribution in [3.8, 4) is 0 Å². The molecular weight excluding hydrogens is 420 g/mol. The summed E-state index contributed by atoms with van der Waals surface area (Å²) in [6, 6.07) is -0.291. The van der Waals surface area contributed by atoms with E-state index in [4.69, 9.17) is 10.5 Å². The van der Waals surface area contributed by atoms with E-state index in [2.05, 4.69) is 42.4 Å². The molecule has 1 saturated heterocycles. The number of piperidine rings is 1. The summed E-state index contributed by atoms with van der Waals surface area (Å²) >= 11 is 5.88. The summed E-state index contributed by atoms with van der Waals surface area (Å²) < 4.78 is 5.15. The highest BCUT2D eigenvalue weighted by atomic mass is 32.2. The van der Waals surface area contributed by atoms with E-state index in [0.717, 1.165) is 32.2 Å². The van der Waals surface area contributed by atoms with Crippen LogP contribution >= 0.6 is 24.4 Å². The van der Waals surface area contributed by atoms with Crippen LogP contribution in [-0.4, -0.2) is 79.9 Å². The number of carbonyl (C=O) groups excluding carboxylic acids is 2. The second-order valence-corrected chi connectivity index (χ2v) is 9.58.